The van der Waals surface area contributed by atoms with Crippen molar-refractivity contribution >= 4 is 13.9 Å². The van der Waals surface area contributed by atoms with Gasteiger partial charge in [-0.25, -0.2) is 0 Å². The molecule has 134 valence electrons. The fraction of sp³-hybridized carbons (Fsp3) is 0.0952. The Labute approximate surface area is 158 Å². The number of nitrogens with one attached hydrogen (secondary N) is 2. The van der Waals surface area contributed by atoms with Crippen LogP contribution >= 0.6 is 8.02 Å². The second-order valence-corrected chi connectivity index (χ2v) is 8.33. The maximum atomic E-state index is 6.44. The molecule has 2 unspecified atom stereocenters. The summed E-state index contributed by atoms with van der Waals surface area (Å²) in [6.45, 7) is 0. The van der Waals surface area contributed by atoms with E-state index in [1.165, 1.54) is 0 Å². The molecule has 1 saturated heterocycles. The molecule has 6 heteroatoms. The van der Waals surface area contributed by atoms with Gasteiger partial charge >= 0.3 is 8.02 Å². The van der Waals surface area contributed by atoms with Crippen molar-refractivity contribution in [1.82, 2.24) is 10.6 Å². The van der Waals surface area contributed by atoms with Gasteiger partial charge in [0.15, 0.2) is 18.0 Å². The molecule has 2 aliphatic rings. The highest BCUT2D eigenvalue weighted by Gasteiger charge is 2.62. The van der Waals surface area contributed by atoms with E-state index in [1.54, 1.807) is 0 Å². The van der Waals surface area contributed by atoms with Crippen molar-refractivity contribution in [2.45, 2.75) is 12.2 Å². The van der Waals surface area contributed by atoms with Crippen LogP contribution in [0.25, 0.3) is 0 Å². The summed E-state index contributed by atoms with van der Waals surface area (Å²) >= 11 is 0. The van der Waals surface area contributed by atoms with Gasteiger partial charge in [0.25, 0.3) is 0 Å². The summed E-state index contributed by atoms with van der Waals surface area (Å²) in [6.07, 6.45) is -0.454. The lowest BCUT2D eigenvalue weighted by atomic mass is 9.99. The van der Waals surface area contributed by atoms with Crippen molar-refractivity contribution in [3.8, 4) is 0 Å². The molecule has 2 N–H and O–H groups in total. The Morgan fingerprint density at radius 1 is 0.667 bits per heavy atom. The molecule has 2 aliphatic heterocycles. The summed E-state index contributed by atoms with van der Waals surface area (Å²) in [5.74, 6) is 0.740. The van der Waals surface area contributed by atoms with Gasteiger partial charge in [0.2, 0.25) is 0 Å². The minimum Gasteiger partial charge on any atom is -0.265 e. The molecule has 3 aromatic carbocycles. The molecule has 0 radical (unpaired) electrons. The molecule has 5 nitrogen and oxygen atoms in total. The molecular weight excluding hydrogens is 357 g/mol. The van der Waals surface area contributed by atoms with Crippen molar-refractivity contribution < 1.29 is 9.05 Å². The van der Waals surface area contributed by atoms with Gasteiger partial charge in [-0.05, 0) is 21.1 Å². The van der Waals surface area contributed by atoms with Crippen LogP contribution in [0.3, 0.4) is 0 Å². The third-order valence-corrected chi connectivity index (χ3v) is 6.52. The number of hydrogen-bond acceptors (Lipinski definition) is 5. The highest BCUT2D eigenvalue weighted by Crippen LogP contribution is 2.72. The fourth-order valence-electron chi connectivity index (χ4n) is 3.33. The SMILES string of the molecule is c1ccc(C2=N[P+]3(NN2)OC(c2ccccc2)C(c2ccccc2)O3)cc1. The van der Waals surface area contributed by atoms with Crippen LogP contribution in [0, 0.1) is 0 Å². The molecule has 27 heavy (non-hydrogen) atoms. The van der Waals surface area contributed by atoms with Crippen LogP contribution in [0.2, 0.25) is 0 Å². The van der Waals surface area contributed by atoms with Crippen LogP contribution in [0.4, 0.5) is 0 Å². The highest BCUT2D eigenvalue weighted by atomic mass is 31.2. The first-order valence-corrected chi connectivity index (χ1v) is 10.5. The first kappa shape index (κ1) is 16.6. The lowest BCUT2D eigenvalue weighted by molar-refractivity contribution is 0.159. The third-order valence-electron chi connectivity index (χ3n) is 4.64. The average Bonchev–Trinajstić information content (AvgIpc) is 3.34. The lowest BCUT2D eigenvalue weighted by Crippen LogP contribution is -2.30. The van der Waals surface area contributed by atoms with Crippen LogP contribution in [-0.4, -0.2) is 5.84 Å². The summed E-state index contributed by atoms with van der Waals surface area (Å²) < 4.78 is 17.7. The van der Waals surface area contributed by atoms with Crippen LogP contribution in [0.1, 0.15) is 28.9 Å². The molecule has 0 amide bonds. The zero-order valence-electron chi connectivity index (χ0n) is 14.5. The molecule has 3 aromatic rings. The van der Waals surface area contributed by atoms with Gasteiger partial charge in [0.05, 0.1) is 0 Å². The quantitative estimate of drug-likeness (QED) is 0.648. The molecule has 1 spiro atoms. The molecule has 1 fully saturated rings. The van der Waals surface area contributed by atoms with E-state index in [2.05, 4.69) is 34.9 Å². The van der Waals surface area contributed by atoms with Crippen molar-refractivity contribution in [3.05, 3.63) is 108 Å². The maximum absolute atomic E-state index is 6.44. The maximum Gasteiger partial charge on any atom is 0.504 e. The molecule has 0 bridgehead atoms. The van der Waals surface area contributed by atoms with Gasteiger partial charge in [0.1, 0.15) is 0 Å². The summed E-state index contributed by atoms with van der Waals surface area (Å²) in [7, 11) is -2.64. The van der Waals surface area contributed by atoms with E-state index in [4.69, 9.17) is 13.8 Å². The number of nitrogens with zero attached hydrogens (tertiary/aromatic N) is 1. The number of rotatable bonds is 3. The molecule has 0 aromatic heterocycles. The monoisotopic (exact) mass is 376 g/mol. The lowest BCUT2D eigenvalue weighted by Gasteiger charge is -2.12. The average molecular weight is 376 g/mol. The first-order valence-electron chi connectivity index (χ1n) is 8.88. The Kier molecular flexibility index (Phi) is 4.23. The normalized spacial score (nSPS) is 26.7. The van der Waals surface area contributed by atoms with Crippen LogP contribution in [0.15, 0.2) is 95.8 Å². The second-order valence-electron chi connectivity index (χ2n) is 6.45. The van der Waals surface area contributed by atoms with Crippen LogP contribution in [0.5, 0.6) is 0 Å². The molecule has 2 atom stereocenters. The Balaban J connectivity index is 1.52. The topological polar surface area (TPSA) is 54.9 Å². The van der Waals surface area contributed by atoms with E-state index in [1.807, 2.05) is 66.7 Å². The van der Waals surface area contributed by atoms with Crippen molar-refractivity contribution in [1.29, 1.82) is 0 Å². The van der Waals surface area contributed by atoms with E-state index in [0.717, 1.165) is 22.5 Å². The van der Waals surface area contributed by atoms with E-state index in [0.29, 0.717) is 0 Å². The van der Waals surface area contributed by atoms with Crippen LogP contribution in [-0.2, 0) is 9.05 Å². The largest absolute Gasteiger partial charge is 0.504 e. The molecular formula is C21H19N3O2P+. The number of hydrazine groups is 1. The van der Waals surface area contributed by atoms with Crippen molar-refractivity contribution in [3.63, 3.8) is 0 Å². The third kappa shape index (κ3) is 3.15. The minimum atomic E-state index is -2.64. The number of hydrogen-bond donors (Lipinski definition) is 2. The van der Waals surface area contributed by atoms with Gasteiger partial charge in [-0.1, -0.05) is 91.0 Å². The molecule has 0 aliphatic carbocycles. The summed E-state index contributed by atoms with van der Waals surface area (Å²) in [5.41, 5.74) is 6.30. The van der Waals surface area contributed by atoms with Crippen LogP contribution < -0.4 is 10.6 Å². The zero-order chi connectivity index (χ0) is 18.1. The highest BCUT2D eigenvalue weighted by molar-refractivity contribution is 7.63. The number of benzene rings is 3. The van der Waals surface area contributed by atoms with E-state index in [9.17, 15) is 0 Å². The van der Waals surface area contributed by atoms with Gasteiger partial charge in [-0.15, -0.1) is 0 Å². The predicted molar refractivity (Wildman–Crippen MR) is 107 cm³/mol. The Morgan fingerprint density at radius 2 is 1.15 bits per heavy atom. The summed E-state index contributed by atoms with van der Waals surface area (Å²) in [5, 5.41) is 3.19. The molecule has 2 heterocycles. The smallest absolute Gasteiger partial charge is 0.265 e. The van der Waals surface area contributed by atoms with Gasteiger partial charge < -0.3 is 0 Å². The first-order chi connectivity index (χ1) is 13.3. The minimum absolute atomic E-state index is 0.227. The predicted octanol–water partition coefficient (Wildman–Crippen LogP) is 4.75. The Morgan fingerprint density at radius 3 is 1.67 bits per heavy atom. The number of amidine groups is 1. The van der Waals surface area contributed by atoms with Gasteiger partial charge in [-0.3, -0.25) is 5.43 Å². The Bertz CT molecular complexity index is 903. The summed E-state index contributed by atoms with van der Waals surface area (Å²) in [4.78, 5) is 0. The standard InChI is InChI=1S/C21H19N3O2P/c1-4-10-16(11-5-1)19-20(17-12-6-2-7-13-17)26-27(25-19)23-21(22-24-27)18-14-8-3-9-15-18/h1-15,19-20,24H,(H,22,23)/q+1. The van der Waals surface area contributed by atoms with Crippen molar-refractivity contribution in [2.75, 3.05) is 0 Å². The van der Waals surface area contributed by atoms with Crippen molar-refractivity contribution in [2.24, 2.45) is 4.76 Å². The zero-order valence-corrected chi connectivity index (χ0v) is 15.4. The van der Waals surface area contributed by atoms with Gasteiger partial charge in [-0.2, -0.15) is 9.05 Å². The van der Waals surface area contributed by atoms with E-state index >= 15 is 0 Å². The fourth-order valence-corrected chi connectivity index (χ4v) is 5.39. The molecule has 0 saturated carbocycles. The van der Waals surface area contributed by atoms with E-state index < -0.39 is 8.02 Å². The van der Waals surface area contributed by atoms with Gasteiger partial charge in [0, 0.05) is 5.56 Å². The van der Waals surface area contributed by atoms with E-state index in [-0.39, 0.29) is 12.2 Å². The molecule has 5 rings (SSSR count). The Hall–Kier alpha value is -2.56. The second kappa shape index (κ2) is 6.87. The summed E-state index contributed by atoms with van der Waals surface area (Å²) in [6, 6.07) is 30.3.